The van der Waals surface area contributed by atoms with Gasteiger partial charge < -0.3 is 4.74 Å². The lowest BCUT2D eigenvalue weighted by Gasteiger charge is -2.19. The van der Waals surface area contributed by atoms with Crippen molar-refractivity contribution in [3.63, 3.8) is 0 Å². The van der Waals surface area contributed by atoms with Crippen LogP contribution in [-0.4, -0.2) is 18.9 Å². The summed E-state index contributed by atoms with van der Waals surface area (Å²) >= 11 is 0. The fourth-order valence-electron chi connectivity index (χ4n) is 0.932. The Hall–Kier alpha value is -0.250. The zero-order valence-electron chi connectivity index (χ0n) is 7.45. The minimum atomic E-state index is -4.20. The highest BCUT2D eigenvalue weighted by Crippen LogP contribution is 2.26. The fourth-order valence-corrected chi connectivity index (χ4v) is 0.932. The average Bonchev–Trinajstić information content (AvgIpc) is 1.95. The van der Waals surface area contributed by atoms with Crippen molar-refractivity contribution in [2.75, 3.05) is 6.61 Å². The van der Waals surface area contributed by atoms with Crippen molar-refractivity contribution >= 4 is 0 Å². The predicted octanol–water partition coefficient (Wildman–Crippen LogP) is 3.14. The van der Waals surface area contributed by atoms with Crippen LogP contribution in [0.25, 0.3) is 0 Å². The Balaban J connectivity index is 3.86. The van der Waals surface area contributed by atoms with Crippen LogP contribution in [0.15, 0.2) is 0 Å². The first kappa shape index (κ1) is 11.8. The van der Waals surface area contributed by atoms with Crippen LogP contribution in [0.1, 0.15) is 33.1 Å². The summed E-state index contributed by atoms with van der Waals surface area (Å²) in [6.07, 6.45) is -4.37. The van der Waals surface area contributed by atoms with Gasteiger partial charge in [0, 0.05) is 6.61 Å². The first-order valence-electron chi connectivity index (χ1n) is 4.20. The van der Waals surface area contributed by atoms with Crippen molar-refractivity contribution < 1.29 is 17.9 Å². The molecule has 1 atom stereocenters. The second kappa shape index (κ2) is 5.41. The molecule has 1 unspecified atom stereocenters. The minimum Gasteiger partial charge on any atom is -0.369 e. The molecule has 4 heteroatoms. The molecule has 0 aliphatic carbocycles. The van der Waals surface area contributed by atoms with Crippen LogP contribution in [0.2, 0.25) is 0 Å². The molecule has 0 N–H and O–H groups in total. The molecule has 0 aliphatic rings. The standard InChI is InChI=1S/C8H15F3O/c1-3-5-6-7(12-4-2)8(9,10)11/h7H,3-6H2,1-2H3. The van der Waals surface area contributed by atoms with Gasteiger partial charge >= 0.3 is 6.18 Å². The third-order valence-corrected chi connectivity index (χ3v) is 1.55. The maximum absolute atomic E-state index is 12.1. The van der Waals surface area contributed by atoms with Crippen LogP contribution in [0.5, 0.6) is 0 Å². The van der Waals surface area contributed by atoms with Crippen molar-refractivity contribution in [3.8, 4) is 0 Å². The van der Waals surface area contributed by atoms with Gasteiger partial charge in [0.1, 0.15) is 0 Å². The van der Waals surface area contributed by atoms with Gasteiger partial charge in [-0.25, -0.2) is 0 Å². The Morgan fingerprint density at radius 3 is 2.17 bits per heavy atom. The van der Waals surface area contributed by atoms with Crippen molar-refractivity contribution in [2.45, 2.75) is 45.4 Å². The van der Waals surface area contributed by atoms with Crippen LogP contribution in [-0.2, 0) is 4.74 Å². The highest BCUT2D eigenvalue weighted by atomic mass is 19.4. The molecular weight excluding hydrogens is 169 g/mol. The number of ether oxygens (including phenoxy) is 1. The van der Waals surface area contributed by atoms with Gasteiger partial charge in [-0.2, -0.15) is 13.2 Å². The zero-order valence-corrected chi connectivity index (χ0v) is 7.45. The van der Waals surface area contributed by atoms with Gasteiger partial charge in [0.25, 0.3) is 0 Å². The van der Waals surface area contributed by atoms with E-state index >= 15 is 0 Å². The Labute approximate surface area is 70.9 Å². The van der Waals surface area contributed by atoms with E-state index in [-0.39, 0.29) is 13.0 Å². The minimum absolute atomic E-state index is 0.0772. The topological polar surface area (TPSA) is 9.23 Å². The number of hydrogen-bond donors (Lipinski definition) is 0. The first-order valence-corrected chi connectivity index (χ1v) is 4.20. The monoisotopic (exact) mass is 184 g/mol. The van der Waals surface area contributed by atoms with E-state index in [4.69, 9.17) is 0 Å². The second-order valence-corrected chi connectivity index (χ2v) is 2.63. The summed E-state index contributed by atoms with van der Waals surface area (Å²) in [5.74, 6) is 0. The Morgan fingerprint density at radius 1 is 1.25 bits per heavy atom. The van der Waals surface area contributed by atoms with Gasteiger partial charge in [0.05, 0.1) is 0 Å². The molecule has 0 aromatic rings. The van der Waals surface area contributed by atoms with E-state index in [1.54, 1.807) is 6.92 Å². The third kappa shape index (κ3) is 4.59. The smallest absolute Gasteiger partial charge is 0.369 e. The normalized spacial score (nSPS) is 14.8. The third-order valence-electron chi connectivity index (χ3n) is 1.55. The first-order chi connectivity index (χ1) is 5.52. The number of unbranched alkanes of at least 4 members (excludes halogenated alkanes) is 1. The lowest BCUT2D eigenvalue weighted by Crippen LogP contribution is -2.31. The average molecular weight is 184 g/mol. The quantitative estimate of drug-likeness (QED) is 0.637. The van der Waals surface area contributed by atoms with E-state index in [1.807, 2.05) is 6.92 Å². The Kier molecular flexibility index (Phi) is 5.29. The van der Waals surface area contributed by atoms with E-state index in [0.717, 1.165) is 6.42 Å². The summed E-state index contributed by atoms with van der Waals surface area (Å²) < 4.78 is 40.9. The summed E-state index contributed by atoms with van der Waals surface area (Å²) in [5.41, 5.74) is 0. The predicted molar refractivity (Wildman–Crippen MR) is 41.0 cm³/mol. The van der Waals surface area contributed by atoms with E-state index in [2.05, 4.69) is 4.74 Å². The molecule has 12 heavy (non-hydrogen) atoms. The van der Waals surface area contributed by atoms with Gasteiger partial charge in [-0.3, -0.25) is 0 Å². The van der Waals surface area contributed by atoms with Gasteiger partial charge in [-0.1, -0.05) is 19.8 Å². The number of alkyl halides is 3. The van der Waals surface area contributed by atoms with E-state index in [0.29, 0.717) is 6.42 Å². The van der Waals surface area contributed by atoms with E-state index in [1.165, 1.54) is 0 Å². The second-order valence-electron chi connectivity index (χ2n) is 2.63. The maximum Gasteiger partial charge on any atom is 0.414 e. The lowest BCUT2D eigenvalue weighted by atomic mass is 10.1. The number of halogens is 3. The highest BCUT2D eigenvalue weighted by molar-refractivity contribution is 4.66. The molecule has 0 aromatic carbocycles. The van der Waals surface area contributed by atoms with E-state index < -0.39 is 12.3 Å². The van der Waals surface area contributed by atoms with Crippen LogP contribution >= 0.6 is 0 Å². The summed E-state index contributed by atoms with van der Waals surface area (Å²) in [4.78, 5) is 0. The summed E-state index contributed by atoms with van der Waals surface area (Å²) in [6, 6.07) is 0. The molecule has 0 amide bonds. The molecule has 0 saturated heterocycles. The zero-order chi connectivity index (χ0) is 9.61. The summed E-state index contributed by atoms with van der Waals surface area (Å²) in [5, 5.41) is 0. The van der Waals surface area contributed by atoms with Gasteiger partial charge in [-0.05, 0) is 13.3 Å². The lowest BCUT2D eigenvalue weighted by molar-refractivity contribution is -0.221. The molecule has 0 spiro atoms. The molecule has 1 nitrogen and oxygen atoms in total. The number of hydrogen-bond acceptors (Lipinski definition) is 1. The van der Waals surface area contributed by atoms with Crippen LogP contribution in [0.4, 0.5) is 13.2 Å². The highest BCUT2D eigenvalue weighted by Gasteiger charge is 2.39. The van der Waals surface area contributed by atoms with Crippen LogP contribution < -0.4 is 0 Å². The molecule has 0 saturated carbocycles. The molecule has 0 aromatic heterocycles. The largest absolute Gasteiger partial charge is 0.414 e. The molecule has 0 rings (SSSR count). The molecule has 74 valence electrons. The molecule has 0 radical (unpaired) electrons. The van der Waals surface area contributed by atoms with Crippen molar-refractivity contribution in [3.05, 3.63) is 0 Å². The van der Waals surface area contributed by atoms with E-state index in [9.17, 15) is 13.2 Å². The Morgan fingerprint density at radius 2 is 1.83 bits per heavy atom. The fraction of sp³-hybridized carbons (Fsp3) is 1.00. The molecule has 0 aliphatic heterocycles. The maximum atomic E-state index is 12.1. The molecule has 0 bridgehead atoms. The van der Waals surface area contributed by atoms with Crippen molar-refractivity contribution in [2.24, 2.45) is 0 Å². The summed E-state index contributed by atoms with van der Waals surface area (Å²) in [6.45, 7) is 3.55. The van der Waals surface area contributed by atoms with Crippen LogP contribution in [0.3, 0.4) is 0 Å². The molecular formula is C8H15F3O. The number of rotatable bonds is 5. The van der Waals surface area contributed by atoms with Gasteiger partial charge in [0.15, 0.2) is 6.10 Å². The van der Waals surface area contributed by atoms with Crippen LogP contribution in [0, 0.1) is 0 Å². The van der Waals surface area contributed by atoms with Crippen molar-refractivity contribution in [1.82, 2.24) is 0 Å². The molecule has 0 heterocycles. The van der Waals surface area contributed by atoms with Gasteiger partial charge in [0.2, 0.25) is 0 Å². The molecule has 0 fully saturated rings. The van der Waals surface area contributed by atoms with Crippen molar-refractivity contribution in [1.29, 1.82) is 0 Å². The Bertz CT molecular complexity index is 111. The summed E-state index contributed by atoms with van der Waals surface area (Å²) in [7, 11) is 0. The SMILES string of the molecule is CCCCC(OCC)C(F)(F)F. The van der Waals surface area contributed by atoms with Gasteiger partial charge in [-0.15, -0.1) is 0 Å².